The van der Waals surface area contributed by atoms with Crippen molar-refractivity contribution in [3.8, 4) is 0 Å². The average molecular weight is 437 g/mol. The number of hydrogen-bond acceptors (Lipinski definition) is 3. The summed E-state index contributed by atoms with van der Waals surface area (Å²) in [6, 6.07) is 6.04. The van der Waals surface area contributed by atoms with Crippen molar-refractivity contribution < 1.29 is 4.79 Å². The molecule has 2 rings (SSSR count). The van der Waals surface area contributed by atoms with E-state index >= 15 is 0 Å². The first-order valence-electron chi connectivity index (χ1n) is 8.66. The lowest BCUT2D eigenvalue weighted by Crippen LogP contribution is -2.29. The molecule has 26 heavy (non-hydrogen) atoms. The Kier molecular flexibility index (Phi) is 7.12. The number of thioether (sulfide) groups is 1. The Morgan fingerprint density at radius 3 is 2.31 bits per heavy atom. The number of carbonyl (C=O) groups is 1. The van der Waals surface area contributed by atoms with Gasteiger partial charge in [0, 0.05) is 29.9 Å². The van der Waals surface area contributed by atoms with Gasteiger partial charge in [0.1, 0.15) is 5.56 Å². The zero-order chi connectivity index (χ0) is 19.4. The Morgan fingerprint density at radius 2 is 1.81 bits per heavy atom. The first kappa shape index (κ1) is 20.8. The van der Waals surface area contributed by atoms with Crippen molar-refractivity contribution in [3.63, 3.8) is 0 Å². The summed E-state index contributed by atoms with van der Waals surface area (Å²) in [7, 11) is 1.89. The fourth-order valence-corrected chi connectivity index (χ4v) is 4.12. The topological polar surface area (TPSA) is 51.1 Å². The third kappa shape index (κ3) is 3.91. The van der Waals surface area contributed by atoms with Crippen molar-refractivity contribution >= 4 is 39.3 Å². The molecular weight excluding hydrogens is 412 g/mol. The molecule has 1 aromatic heterocycles. The van der Waals surface area contributed by atoms with Crippen molar-refractivity contribution in [3.05, 3.63) is 61.0 Å². The van der Waals surface area contributed by atoms with Gasteiger partial charge in [-0.25, -0.2) is 0 Å². The molecule has 140 valence electrons. The number of nitrogens with one attached hydrogen (secondary N) is 1. The van der Waals surface area contributed by atoms with Crippen LogP contribution in [0.4, 0.5) is 5.69 Å². The van der Waals surface area contributed by atoms with Crippen LogP contribution in [0.3, 0.4) is 0 Å². The molecule has 2 aromatic rings. The minimum Gasteiger partial charge on any atom is -0.349 e. The summed E-state index contributed by atoms with van der Waals surface area (Å²) >= 11 is 4.95. The third-order valence-electron chi connectivity index (χ3n) is 4.69. The van der Waals surface area contributed by atoms with Gasteiger partial charge in [-0.05, 0) is 53.1 Å². The van der Waals surface area contributed by atoms with Crippen LogP contribution in [0.15, 0.2) is 27.5 Å². The monoisotopic (exact) mass is 436 g/mol. The van der Waals surface area contributed by atoms with Crippen LogP contribution in [0.1, 0.15) is 46.7 Å². The molecule has 1 aromatic carbocycles. The Balaban J connectivity index is 2.60. The largest absolute Gasteiger partial charge is 0.349 e. The highest BCUT2D eigenvalue weighted by Crippen LogP contribution is 2.25. The van der Waals surface area contributed by atoms with Crippen LogP contribution in [-0.2, 0) is 25.6 Å². The molecule has 0 saturated heterocycles. The van der Waals surface area contributed by atoms with E-state index in [0.717, 1.165) is 41.0 Å². The van der Waals surface area contributed by atoms with Crippen LogP contribution >= 0.6 is 27.7 Å². The molecule has 0 fully saturated rings. The highest BCUT2D eigenvalue weighted by atomic mass is 79.9. The second-order valence-corrected chi connectivity index (χ2v) is 7.81. The molecule has 0 aliphatic rings. The maximum absolute atomic E-state index is 13.1. The van der Waals surface area contributed by atoms with Crippen LogP contribution in [0.5, 0.6) is 0 Å². The molecule has 0 radical (unpaired) electrons. The van der Waals surface area contributed by atoms with E-state index in [2.05, 4.69) is 35.1 Å². The Hall–Kier alpha value is -1.53. The molecule has 1 amide bonds. The molecule has 6 heteroatoms. The number of aryl methyl sites for hydroxylation is 2. The van der Waals surface area contributed by atoms with Gasteiger partial charge in [0.15, 0.2) is 0 Å². The van der Waals surface area contributed by atoms with Crippen LogP contribution in [-0.4, -0.2) is 16.7 Å². The minimum absolute atomic E-state index is 0.215. The van der Waals surface area contributed by atoms with E-state index < -0.39 is 0 Å². The number of rotatable bonds is 6. The van der Waals surface area contributed by atoms with E-state index in [-0.39, 0.29) is 16.9 Å². The summed E-state index contributed by atoms with van der Waals surface area (Å²) in [6.07, 6.45) is 3.60. The molecular formula is C20H25BrN2O2S. The zero-order valence-electron chi connectivity index (χ0n) is 15.9. The third-order valence-corrected chi connectivity index (χ3v) is 6.18. The maximum Gasteiger partial charge on any atom is 0.261 e. The summed E-state index contributed by atoms with van der Waals surface area (Å²) in [4.78, 5) is 26.0. The predicted molar refractivity (Wildman–Crippen MR) is 114 cm³/mol. The van der Waals surface area contributed by atoms with Crippen molar-refractivity contribution in [2.24, 2.45) is 7.05 Å². The quantitative estimate of drug-likeness (QED) is 0.713. The number of benzene rings is 1. The number of amides is 1. The van der Waals surface area contributed by atoms with Gasteiger partial charge in [-0.3, -0.25) is 9.59 Å². The zero-order valence-corrected chi connectivity index (χ0v) is 18.3. The van der Waals surface area contributed by atoms with Gasteiger partial charge in [0.05, 0.1) is 4.47 Å². The van der Waals surface area contributed by atoms with Crippen LogP contribution in [0, 0.1) is 6.92 Å². The summed E-state index contributed by atoms with van der Waals surface area (Å²) in [5.74, 6) is 0.254. The van der Waals surface area contributed by atoms with Crippen LogP contribution in [0.2, 0.25) is 0 Å². The molecule has 1 N–H and O–H groups in total. The molecule has 0 saturated carbocycles. The molecule has 0 unspecified atom stereocenters. The van der Waals surface area contributed by atoms with E-state index in [9.17, 15) is 9.59 Å². The van der Waals surface area contributed by atoms with Crippen LogP contribution in [0.25, 0.3) is 0 Å². The number of carbonyl (C=O) groups excluding carboxylic acids is 1. The number of hydrogen-bond donors (Lipinski definition) is 1. The van der Waals surface area contributed by atoms with Crippen molar-refractivity contribution in [2.75, 3.05) is 11.6 Å². The number of aromatic nitrogens is 1. The summed E-state index contributed by atoms with van der Waals surface area (Å²) in [5, 5.41) is 3.03. The van der Waals surface area contributed by atoms with Crippen LogP contribution < -0.4 is 10.7 Å². The lowest BCUT2D eigenvalue weighted by Gasteiger charge is -2.19. The van der Waals surface area contributed by atoms with Gasteiger partial charge in [-0.2, -0.15) is 11.8 Å². The molecule has 4 nitrogen and oxygen atoms in total. The Morgan fingerprint density at radius 1 is 1.23 bits per heavy atom. The van der Waals surface area contributed by atoms with E-state index in [1.54, 1.807) is 11.8 Å². The summed E-state index contributed by atoms with van der Waals surface area (Å²) in [5.41, 5.74) is 4.50. The number of halogens is 1. The lowest BCUT2D eigenvalue weighted by atomic mass is 10.0. The number of anilines is 1. The number of para-hydroxylation sites is 1. The first-order chi connectivity index (χ1) is 12.4. The first-order valence-corrected chi connectivity index (χ1v) is 10.8. The smallest absolute Gasteiger partial charge is 0.261 e. The van der Waals surface area contributed by atoms with Gasteiger partial charge < -0.3 is 9.88 Å². The summed E-state index contributed by atoms with van der Waals surface area (Å²) in [6.45, 7) is 5.99. The van der Waals surface area contributed by atoms with E-state index in [0.29, 0.717) is 10.2 Å². The van der Waals surface area contributed by atoms with Gasteiger partial charge >= 0.3 is 0 Å². The van der Waals surface area contributed by atoms with Crippen molar-refractivity contribution in [2.45, 2.75) is 39.4 Å². The molecule has 0 bridgehead atoms. The molecule has 0 aliphatic carbocycles. The van der Waals surface area contributed by atoms with Gasteiger partial charge in [0.2, 0.25) is 5.43 Å². The van der Waals surface area contributed by atoms with Gasteiger partial charge in [0.25, 0.3) is 5.91 Å². The van der Waals surface area contributed by atoms with E-state index in [1.807, 2.05) is 43.0 Å². The second-order valence-electron chi connectivity index (χ2n) is 6.15. The van der Waals surface area contributed by atoms with E-state index in [4.69, 9.17) is 0 Å². The molecule has 0 atom stereocenters. The molecule has 1 heterocycles. The number of pyridine rings is 1. The molecule has 0 spiro atoms. The summed E-state index contributed by atoms with van der Waals surface area (Å²) < 4.78 is 2.36. The minimum atomic E-state index is -0.342. The maximum atomic E-state index is 13.1. The fourth-order valence-electron chi connectivity index (χ4n) is 3.04. The highest BCUT2D eigenvalue weighted by molar-refractivity contribution is 9.10. The highest BCUT2D eigenvalue weighted by Gasteiger charge is 2.23. The lowest BCUT2D eigenvalue weighted by molar-refractivity contribution is 0.102. The van der Waals surface area contributed by atoms with E-state index in [1.165, 1.54) is 0 Å². The standard InChI is InChI=1S/C20H25BrN2O2S/c1-6-13-9-8-10-14(7-2)18(13)22-20(25)16-15(11-26-5)23(4)12(3)17(21)19(16)24/h8-10H,6-7,11H2,1-5H3,(H,22,25). The predicted octanol–water partition coefficient (Wildman–Crippen LogP) is 4.70. The normalized spacial score (nSPS) is 10.8. The Labute approximate surface area is 167 Å². The fraction of sp³-hybridized carbons (Fsp3) is 0.400. The van der Waals surface area contributed by atoms with Gasteiger partial charge in [-0.1, -0.05) is 32.0 Å². The van der Waals surface area contributed by atoms with Gasteiger partial charge in [-0.15, -0.1) is 0 Å². The number of nitrogens with zero attached hydrogens (tertiary/aromatic N) is 1. The van der Waals surface area contributed by atoms with Crippen molar-refractivity contribution in [1.29, 1.82) is 0 Å². The van der Waals surface area contributed by atoms with Crippen molar-refractivity contribution in [1.82, 2.24) is 4.57 Å². The SMILES string of the molecule is CCc1cccc(CC)c1NC(=O)c1c(CSC)n(C)c(C)c(Br)c1=O. The Bertz CT molecular complexity index is 868. The molecule has 0 aliphatic heterocycles. The average Bonchev–Trinajstić information content (AvgIpc) is 2.64. The second kappa shape index (κ2) is 8.91.